The molecule has 1 heterocycles. The van der Waals surface area contributed by atoms with E-state index in [4.69, 9.17) is 10.8 Å². The zero-order valence-electron chi connectivity index (χ0n) is 10.1. The van der Waals surface area contributed by atoms with Crippen LogP contribution in [0.25, 0.3) is 0 Å². The van der Waals surface area contributed by atoms with Crippen LogP contribution < -0.4 is 10.6 Å². The van der Waals surface area contributed by atoms with Crippen molar-refractivity contribution in [2.45, 2.75) is 18.9 Å². The Morgan fingerprint density at radius 1 is 1.33 bits per heavy atom. The van der Waals surface area contributed by atoms with Gasteiger partial charge in [-0.1, -0.05) is 0 Å². The lowest BCUT2D eigenvalue weighted by Crippen LogP contribution is -2.47. The molecule has 1 aliphatic heterocycles. The monoisotopic (exact) mass is 256 g/mol. The van der Waals surface area contributed by atoms with Crippen molar-refractivity contribution in [2.24, 2.45) is 11.7 Å². The number of aliphatic hydroxyl groups is 1. The highest BCUT2D eigenvalue weighted by molar-refractivity contribution is 5.48. The van der Waals surface area contributed by atoms with Gasteiger partial charge in [-0.3, -0.25) is 0 Å². The van der Waals surface area contributed by atoms with Crippen LogP contribution in [0.5, 0.6) is 0 Å². The first-order chi connectivity index (χ1) is 8.60. The summed E-state index contributed by atoms with van der Waals surface area (Å²) in [6, 6.07) is 3.54. The van der Waals surface area contributed by atoms with Crippen molar-refractivity contribution >= 4 is 5.69 Å². The van der Waals surface area contributed by atoms with Gasteiger partial charge in [0, 0.05) is 31.8 Å². The molecule has 2 rings (SSSR count). The Morgan fingerprint density at radius 2 is 2.11 bits per heavy atom. The molecular weight excluding hydrogens is 238 g/mol. The fraction of sp³-hybridized carbons (Fsp3) is 0.538. The molecule has 2 atom stereocenters. The quantitative estimate of drug-likeness (QED) is 0.861. The maximum absolute atomic E-state index is 13.7. The van der Waals surface area contributed by atoms with Gasteiger partial charge in [0.15, 0.2) is 0 Å². The van der Waals surface area contributed by atoms with Crippen LogP contribution in [-0.2, 0) is 0 Å². The van der Waals surface area contributed by atoms with Gasteiger partial charge < -0.3 is 15.7 Å². The number of halogens is 2. The highest BCUT2D eigenvalue weighted by atomic mass is 19.1. The van der Waals surface area contributed by atoms with Crippen LogP contribution in [-0.4, -0.2) is 30.8 Å². The van der Waals surface area contributed by atoms with Crippen LogP contribution in [0.3, 0.4) is 0 Å². The van der Waals surface area contributed by atoms with Crippen molar-refractivity contribution in [2.75, 3.05) is 24.6 Å². The summed E-state index contributed by atoms with van der Waals surface area (Å²) in [7, 11) is 0. The predicted octanol–water partition coefficient (Wildman–Crippen LogP) is 1.50. The maximum Gasteiger partial charge on any atom is 0.149 e. The number of nitrogens with two attached hydrogens (primary N) is 1. The molecule has 0 aromatic heterocycles. The van der Waals surface area contributed by atoms with E-state index in [9.17, 15) is 8.78 Å². The molecule has 0 bridgehead atoms. The first kappa shape index (κ1) is 13.2. The van der Waals surface area contributed by atoms with E-state index >= 15 is 0 Å². The molecule has 100 valence electrons. The lowest BCUT2D eigenvalue weighted by Gasteiger charge is -2.37. The molecule has 1 aliphatic rings. The minimum absolute atomic E-state index is 0.0419. The van der Waals surface area contributed by atoms with Crippen LogP contribution in [0, 0.1) is 17.6 Å². The summed E-state index contributed by atoms with van der Waals surface area (Å²) in [4.78, 5) is 1.84. The van der Waals surface area contributed by atoms with E-state index in [1.54, 1.807) is 0 Å². The number of benzene rings is 1. The van der Waals surface area contributed by atoms with E-state index in [0.29, 0.717) is 25.2 Å². The first-order valence-corrected chi connectivity index (χ1v) is 6.16. The summed E-state index contributed by atoms with van der Waals surface area (Å²) in [5, 5.41) is 8.97. The lowest BCUT2D eigenvalue weighted by atomic mass is 9.92. The maximum atomic E-state index is 13.7. The zero-order valence-corrected chi connectivity index (χ0v) is 10.1. The van der Waals surface area contributed by atoms with Gasteiger partial charge in [0.1, 0.15) is 11.6 Å². The van der Waals surface area contributed by atoms with Crippen LogP contribution in [0.1, 0.15) is 12.8 Å². The van der Waals surface area contributed by atoms with Gasteiger partial charge in [0.05, 0.1) is 5.69 Å². The van der Waals surface area contributed by atoms with Crippen molar-refractivity contribution in [3.8, 4) is 0 Å². The zero-order chi connectivity index (χ0) is 13.1. The number of hydrogen-bond donors (Lipinski definition) is 2. The summed E-state index contributed by atoms with van der Waals surface area (Å²) >= 11 is 0. The smallest absolute Gasteiger partial charge is 0.149 e. The second kappa shape index (κ2) is 5.63. The van der Waals surface area contributed by atoms with Crippen molar-refractivity contribution in [1.29, 1.82) is 0 Å². The minimum atomic E-state index is -0.579. The topological polar surface area (TPSA) is 49.5 Å². The number of nitrogens with zero attached hydrogens (tertiary/aromatic N) is 1. The number of anilines is 1. The highest BCUT2D eigenvalue weighted by Gasteiger charge is 2.26. The number of hydrogen-bond acceptors (Lipinski definition) is 3. The Hall–Kier alpha value is -1.20. The predicted molar refractivity (Wildman–Crippen MR) is 66.4 cm³/mol. The van der Waals surface area contributed by atoms with Gasteiger partial charge in [0.2, 0.25) is 0 Å². The van der Waals surface area contributed by atoms with Crippen LogP contribution >= 0.6 is 0 Å². The molecule has 1 aromatic rings. The molecule has 0 radical (unpaired) electrons. The molecule has 1 aromatic carbocycles. The molecule has 1 fully saturated rings. The Labute approximate surface area is 105 Å². The van der Waals surface area contributed by atoms with Gasteiger partial charge in [-0.15, -0.1) is 0 Å². The minimum Gasteiger partial charge on any atom is -0.396 e. The fourth-order valence-electron chi connectivity index (χ4n) is 2.57. The third-order valence-electron chi connectivity index (χ3n) is 3.36. The van der Waals surface area contributed by atoms with E-state index in [1.165, 1.54) is 12.1 Å². The van der Waals surface area contributed by atoms with Gasteiger partial charge in [-0.2, -0.15) is 0 Å². The molecule has 2 unspecified atom stereocenters. The van der Waals surface area contributed by atoms with Crippen molar-refractivity contribution in [3.63, 3.8) is 0 Å². The lowest BCUT2D eigenvalue weighted by molar-refractivity contribution is 0.238. The van der Waals surface area contributed by atoms with E-state index in [1.807, 2.05) is 4.90 Å². The fourth-order valence-corrected chi connectivity index (χ4v) is 2.57. The molecule has 0 spiro atoms. The third-order valence-corrected chi connectivity index (χ3v) is 3.36. The molecule has 3 N–H and O–H groups in total. The summed E-state index contributed by atoms with van der Waals surface area (Å²) in [5.74, 6) is -0.889. The normalized spacial score (nSPS) is 24.3. The summed E-state index contributed by atoms with van der Waals surface area (Å²) < 4.78 is 26.6. The van der Waals surface area contributed by atoms with Gasteiger partial charge in [-0.05, 0) is 30.9 Å². The second-order valence-corrected chi connectivity index (χ2v) is 4.87. The molecule has 3 nitrogen and oxygen atoms in total. The molecule has 1 saturated heterocycles. The summed E-state index contributed by atoms with van der Waals surface area (Å²) in [5.41, 5.74) is 6.33. The van der Waals surface area contributed by atoms with Gasteiger partial charge in [0.25, 0.3) is 0 Å². The van der Waals surface area contributed by atoms with E-state index in [0.717, 1.165) is 12.5 Å². The first-order valence-electron chi connectivity index (χ1n) is 6.16. The number of rotatable bonds is 3. The van der Waals surface area contributed by atoms with Crippen LogP contribution in [0.2, 0.25) is 0 Å². The van der Waals surface area contributed by atoms with E-state index < -0.39 is 11.6 Å². The molecule has 0 saturated carbocycles. The SMILES string of the molecule is NC1CC(CCO)CN(c2ccc(F)cc2F)C1. The molecule has 0 aliphatic carbocycles. The van der Waals surface area contributed by atoms with E-state index in [2.05, 4.69) is 0 Å². The standard InChI is InChI=1S/C13H18F2N2O/c14-10-1-2-13(12(15)6-10)17-7-9(3-4-18)5-11(16)8-17/h1-2,6,9,11,18H,3-5,7-8,16H2. The third kappa shape index (κ3) is 2.97. The molecular formula is C13H18F2N2O. The number of piperidine rings is 1. The summed E-state index contributed by atoms with van der Waals surface area (Å²) in [6.45, 7) is 1.32. The molecule has 5 heteroatoms. The number of aliphatic hydroxyl groups excluding tert-OH is 1. The largest absolute Gasteiger partial charge is 0.396 e. The van der Waals surface area contributed by atoms with Crippen LogP contribution in [0.15, 0.2) is 18.2 Å². The van der Waals surface area contributed by atoms with Crippen molar-refractivity contribution in [1.82, 2.24) is 0 Å². The Balaban J connectivity index is 2.16. The second-order valence-electron chi connectivity index (χ2n) is 4.87. The van der Waals surface area contributed by atoms with Gasteiger partial charge >= 0.3 is 0 Å². The molecule has 0 amide bonds. The summed E-state index contributed by atoms with van der Waals surface area (Å²) in [6.07, 6.45) is 1.49. The average molecular weight is 256 g/mol. The van der Waals surface area contributed by atoms with Crippen LogP contribution in [0.4, 0.5) is 14.5 Å². The van der Waals surface area contributed by atoms with Crippen molar-refractivity contribution < 1.29 is 13.9 Å². The van der Waals surface area contributed by atoms with Gasteiger partial charge in [-0.25, -0.2) is 8.78 Å². The Bertz CT molecular complexity index is 414. The Kier molecular flexibility index (Phi) is 4.14. The van der Waals surface area contributed by atoms with Crippen molar-refractivity contribution in [3.05, 3.63) is 29.8 Å². The Morgan fingerprint density at radius 3 is 2.78 bits per heavy atom. The average Bonchev–Trinajstić information content (AvgIpc) is 2.28. The van der Waals surface area contributed by atoms with E-state index in [-0.39, 0.29) is 18.6 Å². The molecule has 18 heavy (non-hydrogen) atoms. The highest BCUT2D eigenvalue weighted by Crippen LogP contribution is 2.27.